The first-order valence-corrected chi connectivity index (χ1v) is 9.88. The van der Waals surface area contributed by atoms with Gasteiger partial charge in [-0.05, 0) is 33.9 Å². The Kier molecular flexibility index (Phi) is 6.46. The number of amides is 1. The molecule has 0 radical (unpaired) electrons. The first kappa shape index (κ1) is 19.4. The number of hydrogen-bond acceptors (Lipinski definition) is 8. The molecule has 3 heterocycles. The van der Waals surface area contributed by atoms with E-state index in [1.54, 1.807) is 11.6 Å². The highest BCUT2D eigenvalue weighted by atomic mass is 32.1. The monoisotopic (exact) mass is 387 g/mol. The van der Waals surface area contributed by atoms with Crippen LogP contribution in [0.4, 0.5) is 10.9 Å². The van der Waals surface area contributed by atoms with Crippen molar-refractivity contribution in [1.82, 2.24) is 30.0 Å². The first-order chi connectivity index (χ1) is 13.0. The number of carbonyl (C=O) groups is 1. The quantitative estimate of drug-likeness (QED) is 0.760. The van der Waals surface area contributed by atoms with Crippen LogP contribution in [0.2, 0.25) is 0 Å². The molecule has 27 heavy (non-hydrogen) atoms. The van der Waals surface area contributed by atoms with E-state index in [0.717, 1.165) is 31.6 Å². The molecule has 1 saturated heterocycles. The smallest absolute Gasteiger partial charge is 0.246 e. The molecule has 8 nitrogen and oxygen atoms in total. The van der Waals surface area contributed by atoms with Crippen LogP contribution in [0.15, 0.2) is 23.7 Å². The van der Waals surface area contributed by atoms with Crippen LogP contribution in [-0.4, -0.2) is 69.6 Å². The van der Waals surface area contributed by atoms with Crippen molar-refractivity contribution in [1.29, 1.82) is 0 Å². The van der Waals surface area contributed by atoms with Gasteiger partial charge in [0, 0.05) is 37.7 Å². The second-order valence-corrected chi connectivity index (χ2v) is 7.72. The standard InChI is InChI=1S/C18H25N7OS/c1-13-20-15(10-16(21-13)22-18-23-19-12-27-18)14-6-4-9-25(11-14)17(26)7-5-8-24(2)3/h5,7,10,12,14H,4,6,8-9,11H2,1-3H3,(H,20,21,22,23)/b7-5+/t14-/m0/s1. The Labute approximate surface area is 163 Å². The molecule has 9 heteroatoms. The second-order valence-electron chi connectivity index (χ2n) is 6.88. The minimum atomic E-state index is 0.0690. The molecule has 1 atom stereocenters. The van der Waals surface area contributed by atoms with Gasteiger partial charge < -0.3 is 15.1 Å². The van der Waals surface area contributed by atoms with E-state index in [9.17, 15) is 4.79 Å². The third-order valence-corrected chi connectivity index (χ3v) is 4.94. The van der Waals surface area contributed by atoms with E-state index in [1.165, 1.54) is 11.3 Å². The van der Waals surface area contributed by atoms with Gasteiger partial charge in [-0.1, -0.05) is 17.4 Å². The lowest BCUT2D eigenvalue weighted by Gasteiger charge is -2.32. The number of rotatable bonds is 6. The summed E-state index contributed by atoms with van der Waals surface area (Å²) in [4.78, 5) is 25.5. The van der Waals surface area contributed by atoms with E-state index in [1.807, 2.05) is 43.0 Å². The van der Waals surface area contributed by atoms with Crippen LogP contribution in [0.1, 0.15) is 30.3 Å². The number of nitrogens with zero attached hydrogens (tertiary/aromatic N) is 6. The fourth-order valence-corrected chi connectivity index (χ4v) is 3.54. The Balaban J connectivity index is 1.69. The van der Waals surface area contributed by atoms with Crippen molar-refractivity contribution in [3.63, 3.8) is 0 Å². The second kappa shape index (κ2) is 9.01. The molecule has 2 aromatic heterocycles. The number of likely N-dealkylation sites (tertiary alicyclic amines) is 1. The summed E-state index contributed by atoms with van der Waals surface area (Å²) in [6.07, 6.45) is 5.57. The average Bonchev–Trinajstić information content (AvgIpc) is 3.14. The Morgan fingerprint density at radius 2 is 2.30 bits per heavy atom. The highest BCUT2D eigenvalue weighted by Gasteiger charge is 2.25. The molecule has 0 bridgehead atoms. The molecule has 1 N–H and O–H groups in total. The molecule has 0 unspecified atom stereocenters. The van der Waals surface area contributed by atoms with E-state index in [4.69, 9.17) is 0 Å². The Morgan fingerprint density at radius 3 is 3.04 bits per heavy atom. The summed E-state index contributed by atoms with van der Waals surface area (Å²) in [5.74, 6) is 1.69. The van der Waals surface area contributed by atoms with Crippen molar-refractivity contribution in [3.8, 4) is 0 Å². The van der Waals surface area contributed by atoms with Crippen molar-refractivity contribution in [2.45, 2.75) is 25.7 Å². The largest absolute Gasteiger partial charge is 0.339 e. The molecule has 0 aliphatic carbocycles. The van der Waals surface area contributed by atoms with Crippen LogP contribution >= 0.6 is 11.3 Å². The maximum absolute atomic E-state index is 12.5. The van der Waals surface area contributed by atoms with Gasteiger partial charge in [0.05, 0.1) is 5.69 Å². The van der Waals surface area contributed by atoms with Gasteiger partial charge in [-0.25, -0.2) is 9.97 Å². The van der Waals surface area contributed by atoms with Crippen molar-refractivity contribution in [2.75, 3.05) is 39.0 Å². The third-order valence-electron chi connectivity index (χ3n) is 4.34. The van der Waals surface area contributed by atoms with Crippen LogP contribution in [-0.2, 0) is 4.79 Å². The highest BCUT2D eigenvalue weighted by molar-refractivity contribution is 7.13. The lowest BCUT2D eigenvalue weighted by Crippen LogP contribution is -2.38. The molecule has 1 fully saturated rings. The summed E-state index contributed by atoms with van der Waals surface area (Å²) in [5, 5.41) is 11.7. The fraction of sp³-hybridized carbons (Fsp3) is 0.500. The molecule has 0 saturated carbocycles. The minimum Gasteiger partial charge on any atom is -0.339 e. The lowest BCUT2D eigenvalue weighted by molar-refractivity contribution is -0.127. The van der Waals surface area contributed by atoms with Crippen LogP contribution in [0.3, 0.4) is 0 Å². The van der Waals surface area contributed by atoms with Gasteiger partial charge >= 0.3 is 0 Å². The van der Waals surface area contributed by atoms with Crippen LogP contribution in [0.25, 0.3) is 0 Å². The Bertz CT molecular complexity index is 791. The topological polar surface area (TPSA) is 87.1 Å². The number of aromatic nitrogens is 4. The van der Waals surface area contributed by atoms with Crippen molar-refractivity contribution >= 4 is 28.2 Å². The molecule has 144 valence electrons. The van der Waals surface area contributed by atoms with E-state index >= 15 is 0 Å². The zero-order valence-electron chi connectivity index (χ0n) is 15.9. The van der Waals surface area contributed by atoms with Crippen molar-refractivity contribution < 1.29 is 4.79 Å². The number of likely N-dealkylation sites (N-methyl/N-ethyl adjacent to an activating group) is 1. The summed E-state index contributed by atoms with van der Waals surface area (Å²) >= 11 is 1.42. The number of carbonyl (C=O) groups excluding carboxylic acids is 1. The minimum absolute atomic E-state index is 0.0690. The molecular weight excluding hydrogens is 362 g/mol. The number of anilines is 2. The predicted molar refractivity (Wildman–Crippen MR) is 106 cm³/mol. The van der Waals surface area contributed by atoms with E-state index in [2.05, 4.69) is 25.5 Å². The number of nitrogens with one attached hydrogen (secondary N) is 1. The lowest BCUT2D eigenvalue weighted by atomic mass is 9.94. The number of aryl methyl sites for hydroxylation is 1. The molecule has 1 aliphatic heterocycles. The van der Waals surface area contributed by atoms with E-state index < -0.39 is 0 Å². The van der Waals surface area contributed by atoms with Gasteiger partial charge in [-0.3, -0.25) is 4.79 Å². The van der Waals surface area contributed by atoms with Gasteiger partial charge in [0.2, 0.25) is 11.0 Å². The first-order valence-electron chi connectivity index (χ1n) is 9.00. The maximum atomic E-state index is 12.5. The Morgan fingerprint density at radius 1 is 1.44 bits per heavy atom. The molecule has 0 aromatic carbocycles. The molecule has 0 spiro atoms. The van der Waals surface area contributed by atoms with Crippen LogP contribution in [0.5, 0.6) is 0 Å². The summed E-state index contributed by atoms with van der Waals surface area (Å²) in [7, 11) is 3.97. The third kappa shape index (κ3) is 5.54. The summed E-state index contributed by atoms with van der Waals surface area (Å²) in [6, 6.07) is 1.95. The van der Waals surface area contributed by atoms with Crippen LogP contribution < -0.4 is 5.32 Å². The molecule has 3 rings (SSSR count). The average molecular weight is 388 g/mol. The van der Waals surface area contributed by atoms with Gasteiger partial charge in [0.15, 0.2) is 0 Å². The van der Waals surface area contributed by atoms with Gasteiger partial charge in [0.25, 0.3) is 0 Å². The number of hydrogen-bond donors (Lipinski definition) is 1. The van der Waals surface area contributed by atoms with E-state index in [0.29, 0.717) is 23.3 Å². The van der Waals surface area contributed by atoms with Gasteiger partial charge in [-0.15, -0.1) is 10.2 Å². The highest BCUT2D eigenvalue weighted by Crippen LogP contribution is 2.28. The van der Waals surface area contributed by atoms with Crippen molar-refractivity contribution in [2.24, 2.45) is 0 Å². The SMILES string of the molecule is Cc1nc(Nc2nncs2)cc([C@H]2CCCN(C(=O)/C=C/CN(C)C)C2)n1. The van der Waals surface area contributed by atoms with Gasteiger partial charge in [0.1, 0.15) is 17.2 Å². The fourth-order valence-electron chi connectivity index (χ4n) is 3.09. The summed E-state index contributed by atoms with van der Waals surface area (Å²) in [5.41, 5.74) is 2.63. The summed E-state index contributed by atoms with van der Waals surface area (Å²) < 4.78 is 0. The molecular formula is C18H25N7OS. The molecule has 1 amide bonds. The summed E-state index contributed by atoms with van der Waals surface area (Å²) in [6.45, 7) is 4.11. The van der Waals surface area contributed by atoms with Gasteiger partial charge in [-0.2, -0.15) is 0 Å². The van der Waals surface area contributed by atoms with Crippen LogP contribution in [0, 0.1) is 6.92 Å². The molecule has 2 aromatic rings. The number of piperidine rings is 1. The zero-order chi connectivity index (χ0) is 19.2. The van der Waals surface area contributed by atoms with Crippen molar-refractivity contribution in [3.05, 3.63) is 35.2 Å². The predicted octanol–water partition coefficient (Wildman–Crippen LogP) is 2.20. The molecule has 1 aliphatic rings. The zero-order valence-corrected chi connectivity index (χ0v) is 16.7. The van der Waals surface area contributed by atoms with E-state index in [-0.39, 0.29) is 11.8 Å². The normalized spacial score (nSPS) is 17.6. The Hall–Kier alpha value is -2.39. The maximum Gasteiger partial charge on any atom is 0.246 e.